The average Bonchev–Trinajstić information content (AvgIpc) is 2.48. The number of rotatable bonds is 4. The molecular weight excluding hydrogens is 326 g/mol. The van der Waals surface area contributed by atoms with Gasteiger partial charge in [0.05, 0.1) is 6.54 Å². The normalized spacial score (nSPS) is 21.7. The van der Waals surface area contributed by atoms with E-state index < -0.39 is 0 Å². The van der Waals surface area contributed by atoms with Gasteiger partial charge in [-0.3, -0.25) is 4.90 Å². The topological polar surface area (TPSA) is 28.2 Å². The maximum Gasteiger partial charge on any atom is 0.125 e. The first kappa shape index (κ1) is 16.3. The van der Waals surface area contributed by atoms with Gasteiger partial charge in [-0.05, 0) is 73.8 Å². The predicted molar refractivity (Wildman–Crippen MR) is 92.2 cm³/mol. The van der Waals surface area contributed by atoms with Crippen LogP contribution in [0.5, 0.6) is 0 Å². The summed E-state index contributed by atoms with van der Waals surface area (Å²) in [5, 5.41) is 3.44. The van der Waals surface area contributed by atoms with Crippen LogP contribution in [0.2, 0.25) is 0 Å². The number of nitrogens with one attached hydrogen (secondary N) is 1. The first-order valence-electron chi connectivity index (χ1n) is 7.62. The summed E-state index contributed by atoms with van der Waals surface area (Å²) >= 11 is 3.40. The highest BCUT2D eigenvalue weighted by atomic mass is 79.9. The van der Waals surface area contributed by atoms with Crippen molar-refractivity contribution in [1.29, 1.82) is 0 Å². The molecule has 2 rings (SSSR count). The second-order valence-electron chi connectivity index (χ2n) is 6.02. The van der Waals surface area contributed by atoms with Crippen LogP contribution in [0.15, 0.2) is 22.8 Å². The largest absolute Gasteiger partial charge is 0.370 e. The fourth-order valence-corrected chi connectivity index (χ4v) is 2.82. The second kappa shape index (κ2) is 8.41. The molecule has 4 heteroatoms. The molecular formula is C17H24BrN3. The Kier molecular flexibility index (Phi) is 6.53. The van der Waals surface area contributed by atoms with Gasteiger partial charge in [-0.25, -0.2) is 4.98 Å². The Morgan fingerprint density at radius 2 is 2.05 bits per heavy atom. The molecule has 0 amide bonds. The van der Waals surface area contributed by atoms with Gasteiger partial charge < -0.3 is 5.32 Å². The van der Waals surface area contributed by atoms with Gasteiger partial charge in [0, 0.05) is 23.1 Å². The molecule has 0 bridgehead atoms. The molecule has 1 saturated carbocycles. The third-order valence-electron chi connectivity index (χ3n) is 3.85. The van der Waals surface area contributed by atoms with Gasteiger partial charge in [-0.1, -0.05) is 11.8 Å². The summed E-state index contributed by atoms with van der Waals surface area (Å²) in [6.45, 7) is 1.89. The second-order valence-corrected chi connectivity index (χ2v) is 6.93. The van der Waals surface area contributed by atoms with E-state index in [1.807, 2.05) is 18.3 Å². The number of anilines is 1. The van der Waals surface area contributed by atoms with E-state index in [0.717, 1.165) is 29.3 Å². The molecule has 0 unspecified atom stereocenters. The molecule has 0 saturated heterocycles. The third kappa shape index (κ3) is 6.07. The highest BCUT2D eigenvalue weighted by Gasteiger charge is 2.19. The van der Waals surface area contributed by atoms with Crippen molar-refractivity contribution in [1.82, 2.24) is 9.88 Å². The van der Waals surface area contributed by atoms with E-state index in [9.17, 15) is 0 Å². The molecule has 0 aromatic carbocycles. The fraction of sp³-hybridized carbons (Fsp3) is 0.588. The predicted octanol–water partition coefficient (Wildman–Crippen LogP) is 3.63. The van der Waals surface area contributed by atoms with Crippen LogP contribution in [0, 0.1) is 23.7 Å². The van der Waals surface area contributed by atoms with E-state index in [1.54, 1.807) is 0 Å². The maximum absolute atomic E-state index is 4.35. The zero-order chi connectivity index (χ0) is 15.1. The van der Waals surface area contributed by atoms with Crippen molar-refractivity contribution in [2.45, 2.75) is 25.7 Å². The summed E-state index contributed by atoms with van der Waals surface area (Å²) in [5.41, 5.74) is 0. The molecule has 21 heavy (non-hydrogen) atoms. The molecule has 1 N–H and O–H groups in total. The van der Waals surface area contributed by atoms with Gasteiger partial charge in [-0.15, -0.1) is 0 Å². The molecule has 1 fully saturated rings. The van der Waals surface area contributed by atoms with Crippen molar-refractivity contribution < 1.29 is 0 Å². The Hall–Kier alpha value is -1.05. The molecule has 3 nitrogen and oxygen atoms in total. The summed E-state index contributed by atoms with van der Waals surface area (Å²) in [7, 11) is 4.13. The number of pyridine rings is 1. The van der Waals surface area contributed by atoms with Crippen LogP contribution < -0.4 is 5.32 Å². The number of aromatic nitrogens is 1. The molecule has 1 aliphatic carbocycles. The summed E-state index contributed by atoms with van der Waals surface area (Å²) in [4.78, 5) is 6.47. The van der Waals surface area contributed by atoms with Gasteiger partial charge in [0.1, 0.15) is 5.82 Å². The Labute approximate surface area is 136 Å². The van der Waals surface area contributed by atoms with E-state index in [-0.39, 0.29) is 0 Å². The highest BCUT2D eigenvalue weighted by molar-refractivity contribution is 9.10. The number of hydrogen-bond donors (Lipinski definition) is 1. The zero-order valence-corrected chi connectivity index (χ0v) is 14.5. The van der Waals surface area contributed by atoms with Crippen molar-refractivity contribution in [3.63, 3.8) is 0 Å². The Bertz CT molecular complexity index is 479. The van der Waals surface area contributed by atoms with Crippen LogP contribution in [0.3, 0.4) is 0 Å². The summed E-state index contributed by atoms with van der Waals surface area (Å²) in [6.07, 6.45) is 6.84. The van der Waals surface area contributed by atoms with Crippen LogP contribution in [-0.2, 0) is 0 Å². The number of halogens is 1. The quantitative estimate of drug-likeness (QED) is 0.841. The fourth-order valence-electron chi connectivity index (χ4n) is 2.59. The van der Waals surface area contributed by atoms with E-state index in [2.05, 4.69) is 57.1 Å². The highest BCUT2D eigenvalue weighted by Crippen LogP contribution is 2.28. The SMILES string of the molecule is CN(C)CC#C[C@H]1CC[C@H](CNc2ccc(Br)cn2)CC1. The summed E-state index contributed by atoms with van der Waals surface area (Å²) in [5.74, 6) is 9.02. The molecule has 1 aromatic rings. The van der Waals surface area contributed by atoms with Crippen LogP contribution in [0.25, 0.3) is 0 Å². The molecule has 1 heterocycles. The number of hydrogen-bond acceptors (Lipinski definition) is 3. The first-order chi connectivity index (χ1) is 10.1. The van der Waals surface area contributed by atoms with Crippen LogP contribution in [-0.4, -0.2) is 37.1 Å². The smallest absolute Gasteiger partial charge is 0.125 e. The molecule has 0 radical (unpaired) electrons. The first-order valence-corrected chi connectivity index (χ1v) is 8.41. The Balaban J connectivity index is 1.69. The van der Waals surface area contributed by atoms with Crippen LogP contribution in [0.1, 0.15) is 25.7 Å². The lowest BCUT2D eigenvalue weighted by molar-refractivity contribution is 0.328. The lowest BCUT2D eigenvalue weighted by Gasteiger charge is -2.26. The van der Waals surface area contributed by atoms with E-state index >= 15 is 0 Å². The van der Waals surface area contributed by atoms with E-state index in [0.29, 0.717) is 5.92 Å². The van der Waals surface area contributed by atoms with Gasteiger partial charge in [0.2, 0.25) is 0 Å². The van der Waals surface area contributed by atoms with Crippen molar-refractivity contribution in [3.05, 3.63) is 22.8 Å². The van der Waals surface area contributed by atoms with Crippen molar-refractivity contribution >= 4 is 21.7 Å². The minimum absolute atomic E-state index is 0.604. The Morgan fingerprint density at radius 3 is 2.67 bits per heavy atom. The zero-order valence-electron chi connectivity index (χ0n) is 12.9. The minimum Gasteiger partial charge on any atom is -0.370 e. The van der Waals surface area contributed by atoms with E-state index in [1.165, 1.54) is 25.7 Å². The Morgan fingerprint density at radius 1 is 1.29 bits per heavy atom. The molecule has 1 aliphatic rings. The summed E-state index contributed by atoms with van der Waals surface area (Å²) < 4.78 is 1.02. The molecule has 1 aromatic heterocycles. The summed E-state index contributed by atoms with van der Waals surface area (Å²) in [6, 6.07) is 4.04. The molecule has 0 spiro atoms. The lowest BCUT2D eigenvalue weighted by Crippen LogP contribution is -2.21. The molecule has 0 aliphatic heterocycles. The maximum atomic E-state index is 4.35. The minimum atomic E-state index is 0.604. The van der Waals surface area contributed by atoms with Gasteiger partial charge >= 0.3 is 0 Å². The average molecular weight is 350 g/mol. The number of nitrogens with zero attached hydrogens (tertiary/aromatic N) is 2. The monoisotopic (exact) mass is 349 g/mol. The van der Waals surface area contributed by atoms with Crippen LogP contribution in [0.4, 0.5) is 5.82 Å². The van der Waals surface area contributed by atoms with Gasteiger partial charge in [-0.2, -0.15) is 0 Å². The molecule has 0 atom stereocenters. The van der Waals surface area contributed by atoms with Crippen LogP contribution >= 0.6 is 15.9 Å². The van der Waals surface area contributed by atoms with Gasteiger partial charge in [0.15, 0.2) is 0 Å². The van der Waals surface area contributed by atoms with Gasteiger partial charge in [0.25, 0.3) is 0 Å². The van der Waals surface area contributed by atoms with Crippen molar-refractivity contribution in [2.75, 3.05) is 32.5 Å². The lowest BCUT2D eigenvalue weighted by atomic mass is 9.82. The van der Waals surface area contributed by atoms with E-state index in [4.69, 9.17) is 0 Å². The van der Waals surface area contributed by atoms with Crippen molar-refractivity contribution in [3.8, 4) is 11.8 Å². The molecule has 114 valence electrons. The standard InChI is InChI=1S/C17H24BrN3/c1-21(2)11-3-4-14-5-7-15(8-6-14)12-19-17-10-9-16(18)13-20-17/h9-10,13-15H,5-8,11-12H2,1-2H3,(H,19,20)/t14-,15-. The van der Waals surface area contributed by atoms with Crippen molar-refractivity contribution in [2.24, 2.45) is 11.8 Å². The third-order valence-corrected chi connectivity index (χ3v) is 4.32.